The van der Waals surface area contributed by atoms with Crippen molar-refractivity contribution in [2.45, 2.75) is 26.3 Å². The molecule has 2 aromatic heterocycles. The zero-order valence-electron chi connectivity index (χ0n) is 15.3. The molecule has 1 N–H and O–H groups in total. The Bertz CT molecular complexity index is 1220. The predicted octanol–water partition coefficient (Wildman–Crippen LogP) is 2.43. The van der Waals surface area contributed by atoms with Gasteiger partial charge in [0.2, 0.25) is 0 Å². The number of hydrazine groups is 1. The molecule has 6 heteroatoms. The van der Waals surface area contributed by atoms with Crippen molar-refractivity contribution < 1.29 is 0 Å². The molecule has 3 aromatic rings. The molecule has 0 saturated carbocycles. The van der Waals surface area contributed by atoms with E-state index in [1.165, 1.54) is 5.56 Å². The highest BCUT2D eigenvalue weighted by atomic mass is 15.5. The van der Waals surface area contributed by atoms with E-state index in [9.17, 15) is 0 Å². The fraction of sp³-hybridized carbons (Fsp3) is 0.190. The second kappa shape index (κ2) is 6.09. The Kier molecular flexibility index (Phi) is 3.57. The molecule has 0 fully saturated rings. The van der Waals surface area contributed by atoms with Crippen LogP contribution in [0.3, 0.4) is 0 Å². The van der Waals surface area contributed by atoms with E-state index in [2.05, 4.69) is 65.8 Å². The minimum Gasteiger partial charge on any atom is -0.295 e. The lowest BCUT2D eigenvalue weighted by atomic mass is 10.0. The molecule has 5 rings (SSSR count). The van der Waals surface area contributed by atoms with Crippen LogP contribution in [-0.4, -0.2) is 26.0 Å². The van der Waals surface area contributed by atoms with Crippen molar-refractivity contribution in [3.05, 3.63) is 58.4 Å². The Morgan fingerprint density at radius 3 is 3.00 bits per heavy atom. The molecule has 2 aliphatic heterocycles. The summed E-state index contributed by atoms with van der Waals surface area (Å²) in [6.45, 7) is 5.09. The van der Waals surface area contributed by atoms with Crippen LogP contribution in [0, 0.1) is 0 Å². The summed E-state index contributed by atoms with van der Waals surface area (Å²) in [6, 6.07) is 10.6. The molecule has 0 aliphatic carbocycles. The highest BCUT2D eigenvalue weighted by molar-refractivity contribution is 5.80. The van der Waals surface area contributed by atoms with Gasteiger partial charge < -0.3 is 0 Å². The Labute approximate surface area is 156 Å². The first kappa shape index (κ1) is 15.8. The monoisotopic (exact) mass is 356 g/mol. The van der Waals surface area contributed by atoms with Gasteiger partial charge in [-0.05, 0) is 35.8 Å². The Balaban J connectivity index is 1.53. The molecule has 27 heavy (non-hydrogen) atoms. The van der Waals surface area contributed by atoms with Crippen LogP contribution >= 0.6 is 0 Å². The third kappa shape index (κ3) is 2.79. The van der Waals surface area contributed by atoms with E-state index in [1.54, 1.807) is 0 Å². The average molecular weight is 356 g/mol. The van der Waals surface area contributed by atoms with Gasteiger partial charge in [0.25, 0.3) is 0 Å². The van der Waals surface area contributed by atoms with Crippen LogP contribution in [0.4, 0.5) is 5.69 Å². The summed E-state index contributed by atoms with van der Waals surface area (Å²) >= 11 is 0. The lowest BCUT2D eigenvalue weighted by Crippen LogP contribution is -2.28. The fourth-order valence-corrected chi connectivity index (χ4v) is 3.38. The first-order chi connectivity index (χ1) is 13.2. The van der Waals surface area contributed by atoms with Gasteiger partial charge in [0.1, 0.15) is 16.4 Å². The third-order valence-electron chi connectivity index (χ3n) is 4.86. The summed E-state index contributed by atoms with van der Waals surface area (Å²) < 4.78 is 1.94. The number of aromatic nitrogens is 3. The normalized spacial score (nSPS) is 14.7. The molecule has 0 saturated heterocycles. The highest BCUT2D eigenvalue weighted by Crippen LogP contribution is 2.20. The number of nitrogens with one attached hydrogen (secondary N) is 1. The molecule has 0 spiro atoms. The summed E-state index contributed by atoms with van der Waals surface area (Å²) in [6.07, 6.45) is 9.74. The number of aliphatic imine (C=N–C) groups is 1. The van der Waals surface area contributed by atoms with Crippen LogP contribution < -0.4 is 16.1 Å². The van der Waals surface area contributed by atoms with Gasteiger partial charge in [-0.15, -0.1) is 0 Å². The maximum atomic E-state index is 4.85. The van der Waals surface area contributed by atoms with Crippen LogP contribution in [0.2, 0.25) is 0 Å². The van der Waals surface area contributed by atoms with Crippen molar-refractivity contribution in [3.8, 4) is 0 Å². The molecule has 0 radical (unpaired) electrons. The van der Waals surface area contributed by atoms with Gasteiger partial charge in [0.15, 0.2) is 0 Å². The van der Waals surface area contributed by atoms with Crippen molar-refractivity contribution in [2.24, 2.45) is 4.99 Å². The van der Waals surface area contributed by atoms with Crippen molar-refractivity contribution in [1.82, 2.24) is 19.8 Å². The number of nitrogens with zero attached hydrogens (tertiary/aromatic N) is 5. The van der Waals surface area contributed by atoms with Gasteiger partial charge in [0.05, 0.1) is 30.0 Å². The van der Waals surface area contributed by atoms with Crippen LogP contribution in [0.25, 0.3) is 29.5 Å². The van der Waals surface area contributed by atoms with E-state index in [-0.39, 0.29) is 0 Å². The van der Waals surface area contributed by atoms with E-state index in [0.29, 0.717) is 12.5 Å². The van der Waals surface area contributed by atoms with Crippen LogP contribution in [0.15, 0.2) is 41.5 Å². The van der Waals surface area contributed by atoms with Gasteiger partial charge in [-0.1, -0.05) is 26.0 Å². The first-order valence-electron chi connectivity index (χ1n) is 9.12. The summed E-state index contributed by atoms with van der Waals surface area (Å²) in [5.41, 5.74) is 8.63. The molecule has 4 heterocycles. The molecule has 0 atom stereocenters. The molecule has 1 aromatic carbocycles. The minimum atomic E-state index is 0.496. The molecule has 0 bridgehead atoms. The summed E-state index contributed by atoms with van der Waals surface area (Å²) in [7, 11) is 0. The highest BCUT2D eigenvalue weighted by Gasteiger charge is 2.12. The van der Waals surface area contributed by atoms with Gasteiger partial charge in [-0.2, -0.15) is 5.10 Å². The Hall–Kier alpha value is -3.41. The summed E-state index contributed by atoms with van der Waals surface area (Å²) in [5, 5.41) is 8.45. The second-order valence-corrected chi connectivity index (χ2v) is 7.10. The van der Waals surface area contributed by atoms with Gasteiger partial charge in [0, 0.05) is 18.0 Å². The SMILES string of the molecule is CC(C)c1cccc(NN2C=Cc3cc4nn5c(c4nc3=C2)=CN=CC5)c1. The molecular formula is C21H20N6. The van der Waals surface area contributed by atoms with E-state index < -0.39 is 0 Å². The topological polar surface area (TPSA) is 58.3 Å². The maximum absolute atomic E-state index is 4.85. The van der Waals surface area contributed by atoms with Gasteiger partial charge >= 0.3 is 0 Å². The molecule has 0 unspecified atom stereocenters. The van der Waals surface area contributed by atoms with Gasteiger partial charge in [-0.3, -0.25) is 20.1 Å². The zero-order valence-corrected chi connectivity index (χ0v) is 15.3. The zero-order chi connectivity index (χ0) is 18.4. The van der Waals surface area contributed by atoms with Crippen LogP contribution in [0.1, 0.15) is 30.9 Å². The van der Waals surface area contributed by atoms with Crippen molar-refractivity contribution in [2.75, 3.05) is 5.43 Å². The van der Waals surface area contributed by atoms with E-state index >= 15 is 0 Å². The number of fused-ring (bicyclic) bond motifs is 4. The molecule has 2 aliphatic rings. The number of hydrogen-bond acceptors (Lipinski definition) is 5. The molecule has 0 amide bonds. The standard InChI is InChI=1S/C21H20N6/c1-14(2)15-4-3-5-17(10-15)24-26-8-6-16-11-18-21(23-19(16)13-26)20-12-22-7-9-27(20)25-18/h3-8,10-14,24H,9H2,1-2H3. The third-order valence-corrected chi connectivity index (χ3v) is 4.86. The second-order valence-electron chi connectivity index (χ2n) is 7.10. The minimum absolute atomic E-state index is 0.496. The van der Waals surface area contributed by atoms with Gasteiger partial charge in [-0.25, -0.2) is 4.98 Å². The lowest BCUT2D eigenvalue weighted by Gasteiger charge is -2.21. The molecule has 6 nitrogen and oxygen atoms in total. The maximum Gasteiger partial charge on any atom is 0.118 e. The number of hydrogen-bond donors (Lipinski definition) is 1. The number of anilines is 1. The van der Waals surface area contributed by atoms with Crippen molar-refractivity contribution in [1.29, 1.82) is 0 Å². The quantitative estimate of drug-likeness (QED) is 0.783. The van der Waals surface area contributed by atoms with Crippen molar-refractivity contribution >= 4 is 41.4 Å². The largest absolute Gasteiger partial charge is 0.295 e. The molecular weight excluding hydrogens is 336 g/mol. The average Bonchev–Trinajstić information content (AvgIpc) is 3.04. The summed E-state index contributed by atoms with van der Waals surface area (Å²) in [5.74, 6) is 0.496. The van der Waals surface area contributed by atoms with E-state index in [4.69, 9.17) is 4.98 Å². The molecule has 134 valence electrons. The van der Waals surface area contributed by atoms with E-state index in [1.807, 2.05) is 34.5 Å². The summed E-state index contributed by atoms with van der Waals surface area (Å²) in [4.78, 5) is 9.10. The predicted molar refractivity (Wildman–Crippen MR) is 109 cm³/mol. The van der Waals surface area contributed by atoms with Crippen LogP contribution in [-0.2, 0) is 6.54 Å². The number of rotatable bonds is 3. The number of pyridine rings is 1. The first-order valence-corrected chi connectivity index (χ1v) is 9.12. The Morgan fingerprint density at radius 1 is 1.19 bits per heavy atom. The Morgan fingerprint density at radius 2 is 2.11 bits per heavy atom. The fourth-order valence-electron chi connectivity index (χ4n) is 3.38. The lowest BCUT2D eigenvalue weighted by molar-refractivity contribution is 0.660. The van der Waals surface area contributed by atoms with Crippen molar-refractivity contribution in [3.63, 3.8) is 0 Å². The van der Waals surface area contributed by atoms with Crippen LogP contribution in [0.5, 0.6) is 0 Å². The smallest absolute Gasteiger partial charge is 0.118 e. The van der Waals surface area contributed by atoms with E-state index in [0.717, 1.165) is 33.0 Å². The number of benzene rings is 1.